The van der Waals surface area contributed by atoms with E-state index in [1.54, 1.807) is 23.2 Å². The Morgan fingerprint density at radius 2 is 1.81 bits per heavy atom. The molecule has 2 heterocycles. The summed E-state index contributed by atoms with van der Waals surface area (Å²) in [7, 11) is 0. The molecule has 31 heavy (non-hydrogen) atoms. The summed E-state index contributed by atoms with van der Waals surface area (Å²) in [5.74, 6) is 0.811. The van der Waals surface area contributed by atoms with E-state index in [4.69, 9.17) is 14.2 Å². The number of esters is 1. The van der Waals surface area contributed by atoms with E-state index < -0.39 is 0 Å². The number of carbonyl (C=O) groups is 2. The molecule has 0 saturated heterocycles. The number of fused-ring (bicyclic) bond motifs is 1. The van der Waals surface area contributed by atoms with Gasteiger partial charge in [0.2, 0.25) is 0 Å². The Hall–Kier alpha value is -3.87. The van der Waals surface area contributed by atoms with Crippen molar-refractivity contribution >= 4 is 17.6 Å². The van der Waals surface area contributed by atoms with Crippen LogP contribution >= 0.6 is 0 Å². The largest absolute Gasteiger partial charge is 0.487 e. The van der Waals surface area contributed by atoms with Crippen molar-refractivity contribution in [2.45, 2.75) is 19.6 Å². The third-order valence-corrected chi connectivity index (χ3v) is 4.78. The second kappa shape index (κ2) is 9.75. The van der Waals surface area contributed by atoms with Crippen molar-refractivity contribution in [1.82, 2.24) is 4.98 Å². The van der Waals surface area contributed by atoms with Crippen LogP contribution in [0.3, 0.4) is 0 Å². The molecule has 7 heteroatoms. The molecule has 0 unspecified atom stereocenters. The van der Waals surface area contributed by atoms with Crippen molar-refractivity contribution in [2.24, 2.45) is 0 Å². The van der Waals surface area contributed by atoms with E-state index in [9.17, 15) is 9.59 Å². The van der Waals surface area contributed by atoms with Crippen LogP contribution in [0.1, 0.15) is 17.7 Å². The Morgan fingerprint density at radius 3 is 2.61 bits per heavy atom. The second-order valence-corrected chi connectivity index (χ2v) is 6.97. The van der Waals surface area contributed by atoms with Gasteiger partial charge < -0.3 is 19.1 Å². The maximum atomic E-state index is 12.2. The molecule has 0 bridgehead atoms. The van der Waals surface area contributed by atoms with Crippen LogP contribution in [0.25, 0.3) is 0 Å². The Labute approximate surface area is 180 Å². The van der Waals surface area contributed by atoms with E-state index in [2.05, 4.69) is 4.98 Å². The predicted octanol–water partition coefficient (Wildman–Crippen LogP) is 3.52. The number of amides is 1. The summed E-state index contributed by atoms with van der Waals surface area (Å²) >= 11 is 0. The highest BCUT2D eigenvalue weighted by atomic mass is 16.5. The fourth-order valence-electron chi connectivity index (χ4n) is 3.16. The first-order valence-corrected chi connectivity index (χ1v) is 9.98. The van der Waals surface area contributed by atoms with E-state index >= 15 is 0 Å². The lowest BCUT2D eigenvalue weighted by Gasteiger charge is -2.28. The van der Waals surface area contributed by atoms with Gasteiger partial charge in [-0.25, -0.2) is 0 Å². The molecular formula is C24H22N2O5. The Morgan fingerprint density at radius 1 is 1.00 bits per heavy atom. The number of rotatable bonds is 8. The number of carbonyl (C=O) groups excluding carboxylic acids is 2. The van der Waals surface area contributed by atoms with E-state index in [-0.39, 0.29) is 38.1 Å². The number of hydrogen-bond acceptors (Lipinski definition) is 6. The highest BCUT2D eigenvalue weighted by Crippen LogP contribution is 2.31. The molecule has 1 aromatic heterocycles. The SMILES string of the molecule is O=C(CCN1C(=O)COc2ccccc21)OCc1ccc(OCc2ccccn2)cc1. The van der Waals surface area contributed by atoms with Gasteiger partial charge in [-0.2, -0.15) is 0 Å². The molecule has 1 aliphatic rings. The fraction of sp³-hybridized carbons (Fsp3) is 0.208. The van der Waals surface area contributed by atoms with Crippen molar-refractivity contribution in [2.75, 3.05) is 18.1 Å². The molecule has 0 aliphatic carbocycles. The molecule has 158 valence electrons. The molecular weight excluding hydrogens is 396 g/mol. The van der Waals surface area contributed by atoms with Crippen LogP contribution < -0.4 is 14.4 Å². The first-order chi connectivity index (χ1) is 15.2. The maximum Gasteiger partial charge on any atom is 0.307 e. The maximum absolute atomic E-state index is 12.2. The molecule has 0 saturated carbocycles. The van der Waals surface area contributed by atoms with Crippen molar-refractivity contribution < 1.29 is 23.8 Å². The molecule has 0 atom stereocenters. The minimum Gasteiger partial charge on any atom is -0.487 e. The number of nitrogens with zero attached hydrogens (tertiary/aromatic N) is 2. The second-order valence-electron chi connectivity index (χ2n) is 6.97. The molecule has 0 radical (unpaired) electrons. The van der Waals surface area contributed by atoms with Gasteiger partial charge in [-0.15, -0.1) is 0 Å². The molecule has 7 nitrogen and oxygen atoms in total. The van der Waals surface area contributed by atoms with Gasteiger partial charge in [0, 0.05) is 12.7 Å². The molecule has 2 aromatic carbocycles. The summed E-state index contributed by atoms with van der Waals surface area (Å²) in [6.07, 6.45) is 1.83. The number of ether oxygens (including phenoxy) is 3. The van der Waals surface area contributed by atoms with Gasteiger partial charge in [0.15, 0.2) is 6.61 Å². The number of hydrogen-bond donors (Lipinski definition) is 0. The average Bonchev–Trinajstić information content (AvgIpc) is 2.82. The molecule has 0 N–H and O–H groups in total. The average molecular weight is 418 g/mol. The molecule has 3 aromatic rings. The molecule has 4 rings (SSSR count). The smallest absolute Gasteiger partial charge is 0.307 e. The molecule has 0 spiro atoms. The van der Waals surface area contributed by atoms with E-state index in [0.717, 1.165) is 11.3 Å². The lowest BCUT2D eigenvalue weighted by atomic mass is 10.2. The quantitative estimate of drug-likeness (QED) is 0.521. The van der Waals surface area contributed by atoms with Gasteiger partial charge in [0.1, 0.15) is 24.7 Å². The minimum atomic E-state index is -0.368. The van der Waals surface area contributed by atoms with Crippen LogP contribution in [0, 0.1) is 0 Å². The fourth-order valence-corrected chi connectivity index (χ4v) is 3.16. The summed E-state index contributed by atoms with van der Waals surface area (Å²) in [5, 5.41) is 0. The number of pyridine rings is 1. The van der Waals surface area contributed by atoms with Crippen LogP contribution in [-0.4, -0.2) is 30.0 Å². The van der Waals surface area contributed by atoms with Crippen molar-refractivity contribution in [3.8, 4) is 11.5 Å². The monoisotopic (exact) mass is 418 g/mol. The van der Waals surface area contributed by atoms with E-state index in [1.165, 1.54) is 0 Å². The third kappa shape index (κ3) is 5.39. The molecule has 1 amide bonds. The number of aromatic nitrogens is 1. The summed E-state index contributed by atoms with van der Waals surface area (Å²) in [6, 6.07) is 20.3. The van der Waals surface area contributed by atoms with Crippen molar-refractivity contribution in [3.63, 3.8) is 0 Å². The number of benzene rings is 2. The van der Waals surface area contributed by atoms with E-state index in [0.29, 0.717) is 23.8 Å². The van der Waals surface area contributed by atoms with Gasteiger partial charge in [-0.1, -0.05) is 30.3 Å². The van der Waals surface area contributed by atoms with Crippen molar-refractivity contribution in [3.05, 3.63) is 84.2 Å². The van der Waals surface area contributed by atoms with Gasteiger partial charge in [0.05, 0.1) is 17.8 Å². The zero-order valence-electron chi connectivity index (χ0n) is 16.9. The zero-order chi connectivity index (χ0) is 21.5. The Kier molecular flexibility index (Phi) is 6.42. The van der Waals surface area contributed by atoms with Crippen molar-refractivity contribution in [1.29, 1.82) is 0 Å². The third-order valence-electron chi connectivity index (χ3n) is 4.78. The van der Waals surface area contributed by atoms with Crippen LogP contribution in [-0.2, 0) is 27.5 Å². The summed E-state index contributed by atoms with van der Waals surface area (Å²) in [4.78, 5) is 30.1. The Bertz CT molecular complexity index is 1040. The topological polar surface area (TPSA) is 78.0 Å². The van der Waals surface area contributed by atoms with Gasteiger partial charge in [-0.3, -0.25) is 14.6 Å². The summed E-state index contributed by atoms with van der Waals surface area (Å²) in [5.41, 5.74) is 2.38. The van der Waals surface area contributed by atoms with Crippen LogP contribution in [0.2, 0.25) is 0 Å². The van der Waals surface area contributed by atoms with Crippen LogP contribution in [0.5, 0.6) is 11.5 Å². The van der Waals surface area contributed by atoms with Gasteiger partial charge in [0.25, 0.3) is 5.91 Å². The first-order valence-electron chi connectivity index (χ1n) is 9.98. The van der Waals surface area contributed by atoms with Crippen LogP contribution in [0.15, 0.2) is 72.9 Å². The molecule has 0 fully saturated rings. The summed E-state index contributed by atoms with van der Waals surface area (Å²) in [6.45, 7) is 0.769. The van der Waals surface area contributed by atoms with Crippen LogP contribution in [0.4, 0.5) is 5.69 Å². The normalized spacial score (nSPS) is 12.6. The van der Waals surface area contributed by atoms with E-state index in [1.807, 2.05) is 54.6 Å². The summed E-state index contributed by atoms with van der Waals surface area (Å²) < 4.78 is 16.5. The lowest BCUT2D eigenvalue weighted by Crippen LogP contribution is -2.40. The first kappa shape index (κ1) is 20.4. The predicted molar refractivity (Wildman–Crippen MR) is 114 cm³/mol. The standard InChI is InChI=1S/C24H22N2O5/c27-23-17-30-22-7-2-1-6-21(22)26(23)14-12-24(28)31-15-18-8-10-20(11-9-18)29-16-19-5-3-4-13-25-19/h1-11,13H,12,14-17H2. The van der Waals surface area contributed by atoms with Gasteiger partial charge >= 0.3 is 5.97 Å². The highest BCUT2D eigenvalue weighted by Gasteiger charge is 2.25. The number of para-hydroxylation sites is 2. The lowest BCUT2D eigenvalue weighted by molar-refractivity contribution is -0.144. The Balaban J connectivity index is 1.23. The minimum absolute atomic E-state index is 0.0270. The highest BCUT2D eigenvalue weighted by molar-refractivity contribution is 5.98. The zero-order valence-corrected chi connectivity index (χ0v) is 16.9. The number of anilines is 1. The van der Waals surface area contributed by atoms with Gasteiger partial charge in [-0.05, 0) is 42.0 Å². The molecule has 1 aliphatic heterocycles.